The first-order valence-electron chi connectivity index (χ1n) is 5.72. The van der Waals surface area contributed by atoms with E-state index in [1.165, 1.54) is 12.4 Å². The number of fused-ring (bicyclic) bond motifs is 1. The molecule has 0 radical (unpaired) electrons. The molecule has 0 spiro atoms. The smallest absolute Gasteiger partial charge is 0.326 e. The molecule has 8 nitrogen and oxygen atoms in total. The van der Waals surface area contributed by atoms with E-state index in [4.69, 9.17) is 10.8 Å². The number of amides is 2. The molecule has 1 aromatic heterocycles. The number of nitrogens with two attached hydrogens (primary N) is 1. The predicted octanol–water partition coefficient (Wildman–Crippen LogP) is -0.379. The fourth-order valence-corrected chi connectivity index (χ4v) is 1.72. The van der Waals surface area contributed by atoms with Crippen LogP contribution in [-0.4, -0.2) is 38.9 Å². The minimum atomic E-state index is -1.35. The van der Waals surface area contributed by atoms with Crippen LogP contribution in [0.4, 0.5) is 0 Å². The van der Waals surface area contributed by atoms with Gasteiger partial charge in [-0.05, 0) is 18.2 Å². The van der Waals surface area contributed by atoms with Gasteiger partial charge in [0.05, 0.1) is 23.8 Å². The molecular weight excluding hydrogens is 264 g/mol. The minimum absolute atomic E-state index is 0.262. The van der Waals surface area contributed by atoms with Gasteiger partial charge in [0.1, 0.15) is 6.04 Å². The summed E-state index contributed by atoms with van der Waals surface area (Å²) in [7, 11) is 0. The summed E-state index contributed by atoms with van der Waals surface area (Å²) in [5.41, 5.74) is 6.54. The zero-order valence-corrected chi connectivity index (χ0v) is 10.3. The zero-order chi connectivity index (χ0) is 14.7. The maximum atomic E-state index is 11.9. The molecule has 5 N–H and O–H groups in total. The minimum Gasteiger partial charge on any atom is -0.480 e. The number of carboxylic acid groups (broad SMARTS) is 1. The van der Waals surface area contributed by atoms with Gasteiger partial charge in [0.15, 0.2) is 0 Å². The first-order chi connectivity index (χ1) is 9.47. The van der Waals surface area contributed by atoms with Crippen LogP contribution >= 0.6 is 0 Å². The summed E-state index contributed by atoms with van der Waals surface area (Å²) >= 11 is 0. The summed E-state index contributed by atoms with van der Waals surface area (Å²) in [5.74, 6) is -2.73. The van der Waals surface area contributed by atoms with E-state index in [1.54, 1.807) is 12.1 Å². The largest absolute Gasteiger partial charge is 0.480 e. The lowest BCUT2D eigenvalue weighted by atomic mass is 10.1. The number of aromatic amines is 1. The van der Waals surface area contributed by atoms with Crippen molar-refractivity contribution in [3.05, 3.63) is 30.1 Å². The average molecular weight is 276 g/mol. The van der Waals surface area contributed by atoms with Crippen molar-refractivity contribution >= 4 is 28.8 Å². The number of aromatic nitrogens is 2. The summed E-state index contributed by atoms with van der Waals surface area (Å²) in [6, 6.07) is 3.34. The number of nitrogens with one attached hydrogen (secondary N) is 2. The number of hydrogen-bond acceptors (Lipinski definition) is 4. The number of nitrogens with zero attached hydrogens (tertiary/aromatic N) is 1. The van der Waals surface area contributed by atoms with Gasteiger partial charge in [-0.15, -0.1) is 0 Å². The highest BCUT2D eigenvalue weighted by molar-refractivity contribution is 5.99. The molecule has 20 heavy (non-hydrogen) atoms. The standard InChI is InChI=1S/C12H12N4O4/c13-10(17)4-9(12(19)20)16-11(18)6-1-2-7-8(3-6)15-5-14-7/h1-3,5,9H,4H2,(H2,13,17)(H,14,15)(H,16,18)(H,19,20). The normalized spacial score (nSPS) is 12.0. The topological polar surface area (TPSA) is 138 Å². The Kier molecular flexibility index (Phi) is 3.65. The van der Waals surface area contributed by atoms with Crippen LogP contribution in [0.2, 0.25) is 0 Å². The third-order valence-corrected chi connectivity index (χ3v) is 2.69. The van der Waals surface area contributed by atoms with Crippen LogP contribution in [0.3, 0.4) is 0 Å². The SMILES string of the molecule is NC(=O)CC(NC(=O)c1ccc2nc[nH]c2c1)C(=O)O. The van der Waals surface area contributed by atoms with Crippen molar-refractivity contribution < 1.29 is 19.5 Å². The number of rotatable bonds is 5. The molecule has 2 amide bonds. The molecule has 0 saturated heterocycles. The lowest BCUT2D eigenvalue weighted by Gasteiger charge is -2.12. The van der Waals surface area contributed by atoms with Gasteiger partial charge in [0, 0.05) is 5.56 Å². The van der Waals surface area contributed by atoms with Gasteiger partial charge < -0.3 is 21.1 Å². The Labute approximate surface area is 113 Å². The van der Waals surface area contributed by atoms with E-state index in [0.717, 1.165) is 0 Å². The van der Waals surface area contributed by atoms with Crippen molar-refractivity contribution in [2.24, 2.45) is 5.73 Å². The van der Waals surface area contributed by atoms with E-state index in [2.05, 4.69) is 15.3 Å². The van der Waals surface area contributed by atoms with E-state index in [-0.39, 0.29) is 5.56 Å². The molecule has 1 unspecified atom stereocenters. The Bertz CT molecular complexity index is 679. The highest BCUT2D eigenvalue weighted by atomic mass is 16.4. The molecule has 1 aromatic carbocycles. The van der Waals surface area contributed by atoms with Crippen molar-refractivity contribution in [3.63, 3.8) is 0 Å². The number of aliphatic carboxylic acids is 1. The third-order valence-electron chi connectivity index (χ3n) is 2.69. The van der Waals surface area contributed by atoms with Crippen LogP contribution in [0.5, 0.6) is 0 Å². The fourth-order valence-electron chi connectivity index (χ4n) is 1.72. The van der Waals surface area contributed by atoms with E-state index in [1.807, 2.05) is 0 Å². The number of carbonyl (C=O) groups is 3. The van der Waals surface area contributed by atoms with Gasteiger partial charge >= 0.3 is 5.97 Å². The Balaban J connectivity index is 2.17. The lowest BCUT2D eigenvalue weighted by Crippen LogP contribution is -2.43. The highest BCUT2D eigenvalue weighted by Gasteiger charge is 2.22. The maximum absolute atomic E-state index is 11.9. The summed E-state index contributed by atoms with van der Waals surface area (Å²) in [5, 5.41) is 11.2. The van der Waals surface area contributed by atoms with Crippen molar-refractivity contribution in [3.8, 4) is 0 Å². The molecule has 2 aromatic rings. The Hall–Kier alpha value is -2.90. The Morgan fingerprint density at radius 2 is 2.15 bits per heavy atom. The van der Waals surface area contributed by atoms with Gasteiger partial charge in [-0.2, -0.15) is 0 Å². The average Bonchev–Trinajstić information content (AvgIpc) is 2.84. The van der Waals surface area contributed by atoms with Crippen molar-refractivity contribution in [2.75, 3.05) is 0 Å². The van der Waals surface area contributed by atoms with Crippen LogP contribution in [0.1, 0.15) is 16.8 Å². The van der Waals surface area contributed by atoms with Crippen LogP contribution in [0.15, 0.2) is 24.5 Å². The molecule has 8 heteroatoms. The van der Waals surface area contributed by atoms with E-state index >= 15 is 0 Å². The molecule has 0 bridgehead atoms. The van der Waals surface area contributed by atoms with Gasteiger partial charge in [0.25, 0.3) is 5.91 Å². The van der Waals surface area contributed by atoms with Gasteiger partial charge in [-0.3, -0.25) is 9.59 Å². The molecule has 0 aliphatic rings. The van der Waals surface area contributed by atoms with Crippen LogP contribution in [0.25, 0.3) is 11.0 Å². The summed E-state index contributed by atoms with van der Waals surface area (Å²) in [4.78, 5) is 40.5. The predicted molar refractivity (Wildman–Crippen MR) is 68.8 cm³/mol. The Morgan fingerprint density at radius 1 is 1.40 bits per heavy atom. The van der Waals surface area contributed by atoms with Crippen molar-refractivity contribution in [2.45, 2.75) is 12.5 Å². The molecule has 0 aliphatic heterocycles. The number of H-pyrrole nitrogens is 1. The quantitative estimate of drug-likeness (QED) is 0.589. The number of hydrogen-bond donors (Lipinski definition) is 4. The number of benzene rings is 1. The summed E-state index contributed by atoms with van der Waals surface area (Å²) in [6.45, 7) is 0. The van der Waals surface area contributed by atoms with Crippen LogP contribution in [0, 0.1) is 0 Å². The van der Waals surface area contributed by atoms with E-state index < -0.39 is 30.2 Å². The van der Waals surface area contributed by atoms with Gasteiger partial charge in [-0.25, -0.2) is 9.78 Å². The second kappa shape index (κ2) is 5.39. The number of carbonyl (C=O) groups excluding carboxylic acids is 2. The van der Waals surface area contributed by atoms with Crippen molar-refractivity contribution in [1.29, 1.82) is 0 Å². The summed E-state index contributed by atoms with van der Waals surface area (Å²) < 4.78 is 0. The molecular formula is C12H12N4O4. The maximum Gasteiger partial charge on any atom is 0.326 e. The van der Waals surface area contributed by atoms with E-state index in [0.29, 0.717) is 11.0 Å². The highest BCUT2D eigenvalue weighted by Crippen LogP contribution is 2.11. The first-order valence-corrected chi connectivity index (χ1v) is 5.72. The molecule has 0 aliphatic carbocycles. The van der Waals surface area contributed by atoms with E-state index in [9.17, 15) is 14.4 Å². The second-order valence-corrected chi connectivity index (χ2v) is 4.17. The Morgan fingerprint density at radius 3 is 2.80 bits per heavy atom. The second-order valence-electron chi connectivity index (χ2n) is 4.17. The first kappa shape index (κ1) is 13.5. The monoisotopic (exact) mass is 276 g/mol. The lowest BCUT2D eigenvalue weighted by molar-refractivity contribution is -0.140. The third kappa shape index (κ3) is 2.91. The van der Waals surface area contributed by atoms with Crippen LogP contribution in [-0.2, 0) is 9.59 Å². The molecule has 0 fully saturated rings. The van der Waals surface area contributed by atoms with Gasteiger partial charge in [0.2, 0.25) is 5.91 Å². The molecule has 0 saturated carbocycles. The number of imidazole rings is 1. The molecule has 1 heterocycles. The summed E-state index contributed by atoms with van der Waals surface area (Å²) in [6.07, 6.45) is 1.02. The van der Waals surface area contributed by atoms with Crippen molar-refractivity contribution in [1.82, 2.24) is 15.3 Å². The molecule has 104 valence electrons. The molecule has 2 rings (SSSR count). The number of primary amides is 1. The number of carboxylic acids is 1. The fraction of sp³-hybridized carbons (Fsp3) is 0.167. The molecule has 1 atom stereocenters. The zero-order valence-electron chi connectivity index (χ0n) is 10.3. The van der Waals surface area contributed by atoms with Crippen LogP contribution < -0.4 is 11.1 Å². The van der Waals surface area contributed by atoms with Gasteiger partial charge in [-0.1, -0.05) is 0 Å².